The number of aromatic nitrogens is 1. The standard InChI is InChI=1S/C20H19FN2O2S/c1-23(11-14-2-7-18-19(10-14)25-9-8-24-18)12-17-13-26-20(22-17)15-3-5-16(21)6-4-15/h2-7,10,13H,8-9,11-12H2,1H3. The van der Waals surface area contributed by atoms with Crippen LogP contribution in [0.25, 0.3) is 10.6 Å². The van der Waals surface area contributed by atoms with Gasteiger partial charge in [-0.3, -0.25) is 4.90 Å². The van der Waals surface area contributed by atoms with Gasteiger partial charge in [0.25, 0.3) is 0 Å². The van der Waals surface area contributed by atoms with Crippen molar-refractivity contribution >= 4 is 11.3 Å². The van der Waals surface area contributed by atoms with Crippen molar-refractivity contribution in [1.29, 1.82) is 0 Å². The van der Waals surface area contributed by atoms with Gasteiger partial charge < -0.3 is 9.47 Å². The molecule has 1 aliphatic rings. The van der Waals surface area contributed by atoms with E-state index in [4.69, 9.17) is 9.47 Å². The van der Waals surface area contributed by atoms with Gasteiger partial charge in [-0.05, 0) is 49.0 Å². The van der Waals surface area contributed by atoms with E-state index < -0.39 is 0 Å². The number of hydrogen-bond acceptors (Lipinski definition) is 5. The van der Waals surface area contributed by atoms with Crippen molar-refractivity contribution in [2.24, 2.45) is 0 Å². The van der Waals surface area contributed by atoms with Crippen LogP contribution < -0.4 is 9.47 Å². The summed E-state index contributed by atoms with van der Waals surface area (Å²) >= 11 is 1.58. The van der Waals surface area contributed by atoms with Crippen LogP contribution >= 0.6 is 11.3 Å². The third kappa shape index (κ3) is 3.86. The Hall–Kier alpha value is -2.44. The fraction of sp³-hybridized carbons (Fsp3) is 0.250. The zero-order valence-corrected chi connectivity index (χ0v) is 15.3. The summed E-state index contributed by atoms with van der Waals surface area (Å²) in [6, 6.07) is 12.5. The molecule has 0 radical (unpaired) electrons. The molecule has 0 spiro atoms. The van der Waals surface area contributed by atoms with E-state index in [1.807, 2.05) is 12.1 Å². The molecule has 0 unspecified atom stereocenters. The van der Waals surface area contributed by atoms with Gasteiger partial charge in [-0.25, -0.2) is 9.37 Å². The minimum Gasteiger partial charge on any atom is -0.486 e. The summed E-state index contributed by atoms with van der Waals surface area (Å²) in [6.07, 6.45) is 0. The summed E-state index contributed by atoms with van der Waals surface area (Å²) in [5, 5.41) is 2.96. The van der Waals surface area contributed by atoms with Gasteiger partial charge in [-0.2, -0.15) is 0 Å². The number of halogens is 1. The second-order valence-corrected chi connectivity index (χ2v) is 7.16. The first-order valence-corrected chi connectivity index (χ1v) is 9.33. The second kappa shape index (κ2) is 7.43. The third-order valence-electron chi connectivity index (χ3n) is 4.13. The molecule has 3 aromatic rings. The number of ether oxygens (including phenoxy) is 2. The van der Waals surface area contributed by atoms with Crippen LogP contribution in [0.1, 0.15) is 11.3 Å². The first-order valence-electron chi connectivity index (χ1n) is 8.45. The van der Waals surface area contributed by atoms with Crippen LogP contribution in [0.2, 0.25) is 0 Å². The summed E-state index contributed by atoms with van der Waals surface area (Å²) < 4.78 is 24.3. The van der Waals surface area contributed by atoms with E-state index in [0.29, 0.717) is 13.2 Å². The van der Waals surface area contributed by atoms with Crippen molar-refractivity contribution in [2.45, 2.75) is 13.1 Å². The lowest BCUT2D eigenvalue weighted by Crippen LogP contribution is -2.18. The summed E-state index contributed by atoms with van der Waals surface area (Å²) in [7, 11) is 2.06. The highest BCUT2D eigenvalue weighted by Gasteiger charge is 2.13. The lowest BCUT2D eigenvalue weighted by Gasteiger charge is -2.20. The monoisotopic (exact) mass is 370 g/mol. The van der Waals surface area contributed by atoms with Gasteiger partial charge in [0.2, 0.25) is 0 Å². The molecule has 4 nitrogen and oxygen atoms in total. The molecule has 134 valence electrons. The first kappa shape index (κ1) is 17.0. The number of thiazole rings is 1. The molecular weight excluding hydrogens is 351 g/mol. The Morgan fingerprint density at radius 3 is 2.62 bits per heavy atom. The van der Waals surface area contributed by atoms with Crippen LogP contribution in [0.5, 0.6) is 11.5 Å². The van der Waals surface area contributed by atoms with Crippen molar-refractivity contribution in [3.8, 4) is 22.1 Å². The van der Waals surface area contributed by atoms with Crippen molar-refractivity contribution < 1.29 is 13.9 Å². The van der Waals surface area contributed by atoms with Gasteiger partial charge in [0.15, 0.2) is 11.5 Å². The fourth-order valence-corrected chi connectivity index (χ4v) is 3.75. The second-order valence-electron chi connectivity index (χ2n) is 6.30. The van der Waals surface area contributed by atoms with Crippen LogP contribution in [0.15, 0.2) is 47.8 Å². The Kier molecular flexibility index (Phi) is 4.86. The molecule has 0 N–H and O–H groups in total. The summed E-state index contributed by atoms with van der Waals surface area (Å²) in [5.74, 6) is 1.39. The highest BCUT2D eigenvalue weighted by Crippen LogP contribution is 2.31. The number of rotatable bonds is 5. The highest BCUT2D eigenvalue weighted by atomic mass is 32.1. The topological polar surface area (TPSA) is 34.6 Å². The molecule has 0 aliphatic carbocycles. The Morgan fingerprint density at radius 2 is 1.81 bits per heavy atom. The van der Waals surface area contributed by atoms with Gasteiger partial charge >= 0.3 is 0 Å². The number of fused-ring (bicyclic) bond motifs is 1. The average Bonchev–Trinajstić information content (AvgIpc) is 3.10. The zero-order valence-electron chi connectivity index (χ0n) is 14.4. The zero-order chi connectivity index (χ0) is 17.9. The molecule has 0 saturated carbocycles. The van der Waals surface area contributed by atoms with Crippen molar-refractivity contribution in [1.82, 2.24) is 9.88 Å². The van der Waals surface area contributed by atoms with Crippen LogP contribution in [0, 0.1) is 5.82 Å². The fourth-order valence-electron chi connectivity index (χ4n) is 2.93. The van der Waals surface area contributed by atoms with Crippen molar-refractivity contribution in [3.05, 3.63) is 64.9 Å². The quantitative estimate of drug-likeness (QED) is 0.669. The Bertz CT molecular complexity index is 895. The van der Waals surface area contributed by atoms with Gasteiger partial charge in [0, 0.05) is 24.0 Å². The Labute approximate surface area is 155 Å². The van der Waals surface area contributed by atoms with Crippen molar-refractivity contribution in [2.75, 3.05) is 20.3 Å². The largest absolute Gasteiger partial charge is 0.486 e. The molecule has 0 atom stereocenters. The SMILES string of the molecule is CN(Cc1ccc2c(c1)OCCO2)Cc1csc(-c2ccc(F)cc2)n1. The predicted molar refractivity (Wildman–Crippen MR) is 100 cm³/mol. The van der Waals surface area contributed by atoms with E-state index >= 15 is 0 Å². The Morgan fingerprint density at radius 1 is 1.04 bits per heavy atom. The normalized spacial score (nSPS) is 13.2. The molecule has 1 aliphatic heterocycles. The molecule has 2 heterocycles. The van der Waals surface area contributed by atoms with Crippen LogP contribution in [-0.2, 0) is 13.1 Å². The molecule has 0 amide bonds. The van der Waals surface area contributed by atoms with Gasteiger partial charge in [0.1, 0.15) is 24.0 Å². The molecule has 0 bridgehead atoms. The molecule has 1 aromatic heterocycles. The molecule has 0 saturated heterocycles. The molecular formula is C20H19FN2O2S. The first-order chi connectivity index (χ1) is 12.7. The molecule has 0 fully saturated rings. The highest BCUT2D eigenvalue weighted by molar-refractivity contribution is 7.13. The van der Waals surface area contributed by atoms with Crippen molar-refractivity contribution in [3.63, 3.8) is 0 Å². The van der Waals surface area contributed by atoms with Crippen LogP contribution in [0.3, 0.4) is 0 Å². The maximum atomic E-state index is 13.1. The molecule has 2 aromatic carbocycles. The van der Waals surface area contributed by atoms with Gasteiger partial charge in [-0.15, -0.1) is 11.3 Å². The summed E-state index contributed by atoms with van der Waals surface area (Å²) in [5.41, 5.74) is 3.12. The number of hydrogen-bond donors (Lipinski definition) is 0. The maximum Gasteiger partial charge on any atom is 0.161 e. The van der Waals surface area contributed by atoms with E-state index in [-0.39, 0.29) is 5.82 Å². The van der Waals surface area contributed by atoms with E-state index in [0.717, 1.165) is 40.9 Å². The maximum absolute atomic E-state index is 13.1. The summed E-state index contributed by atoms with van der Waals surface area (Å²) in [6.45, 7) is 2.73. The lowest BCUT2D eigenvalue weighted by atomic mass is 10.2. The van der Waals surface area contributed by atoms with E-state index in [1.165, 1.54) is 17.7 Å². The number of nitrogens with zero attached hydrogens (tertiary/aromatic N) is 2. The van der Waals surface area contributed by atoms with Gasteiger partial charge in [0.05, 0.1) is 5.69 Å². The van der Waals surface area contributed by atoms with E-state index in [9.17, 15) is 4.39 Å². The van der Waals surface area contributed by atoms with Gasteiger partial charge in [-0.1, -0.05) is 6.07 Å². The molecule has 26 heavy (non-hydrogen) atoms. The lowest BCUT2D eigenvalue weighted by molar-refractivity contribution is 0.171. The minimum absolute atomic E-state index is 0.232. The molecule has 4 rings (SSSR count). The number of benzene rings is 2. The minimum atomic E-state index is -0.232. The molecule has 6 heteroatoms. The van der Waals surface area contributed by atoms with Crippen LogP contribution in [0.4, 0.5) is 4.39 Å². The smallest absolute Gasteiger partial charge is 0.161 e. The van der Waals surface area contributed by atoms with Crippen LogP contribution in [-0.4, -0.2) is 30.1 Å². The Balaban J connectivity index is 1.40. The predicted octanol–water partition coefficient (Wildman–Crippen LogP) is 4.35. The summed E-state index contributed by atoms with van der Waals surface area (Å²) in [4.78, 5) is 6.87. The average molecular weight is 370 g/mol. The third-order valence-corrected chi connectivity index (χ3v) is 5.07. The van der Waals surface area contributed by atoms with E-state index in [1.54, 1.807) is 23.5 Å². The van der Waals surface area contributed by atoms with E-state index in [2.05, 4.69) is 28.4 Å².